The van der Waals surface area contributed by atoms with Gasteiger partial charge in [-0.1, -0.05) is 55.8 Å². The van der Waals surface area contributed by atoms with Crippen molar-refractivity contribution >= 4 is 39.1 Å². The summed E-state index contributed by atoms with van der Waals surface area (Å²) in [6.45, 7) is 3.26. The molecule has 1 N–H and O–H groups in total. The summed E-state index contributed by atoms with van der Waals surface area (Å²) in [5, 5.41) is 2.49. The van der Waals surface area contributed by atoms with E-state index in [1.807, 2.05) is 37.3 Å². The van der Waals surface area contributed by atoms with E-state index in [9.17, 15) is 31.2 Å². The number of amides is 2. The second-order valence-corrected chi connectivity index (χ2v) is 10.8. The summed E-state index contributed by atoms with van der Waals surface area (Å²) in [6.07, 6.45) is -2.67. The van der Waals surface area contributed by atoms with Gasteiger partial charge < -0.3 is 10.2 Å². The molecule has 0 unspecified atom stereocenters. The lowest BCUT2D eigenvalue weighted by Gasteiger charge is -2.33. The van der Waals surface area contributed by atoms with Crippen molar-refractivity contribution in [1.29, 1.82) is 0 Å². The number of anilines is 1. The normalized spacial score (nSPS) is 12.6. The molecule has 0 spiro atoms. The highest BCUT2D eigenvalue weighted by molar-refractivity contribution is 7.92. The monoisotopic (exact) mass is 561 g/mol. The molecule has 2 aromatic carbocycles. The van der Waals surface area contributed by atoms with Gasteiger partial charge in [0.1, 0.15) is 12.6 Å². The van der Waals surface area contributed by atoms with Gasteiger partial charge in [0.2, 0.25) is 21.8 Å². The lowest BCUT2D eigenvalue weighted by Crippen LogP contribution is -2.53. The number of carbonyl (C=O) groups excluding carboxylic acids is 2. The molecule has 0 fully saturated rings. The third-order valence-corrected chi connectivity index (χ3v) is 7.09. The van der Waals surface area contributed by atoms with Gasteiger partial charge in [0.05, 0.1) is 22.5 Å². The minimum absolute atomic E-state index is 0.0921. The lowest BCUT2D eigenvalue weighted by atomic mass is 10.1. The summed E-state index contributed by atoms with van der Waals surface area (Å²) >= 11 is 6.09. The SMILES string of the molecule is CCCNC(=O)[C@@H](CC)N(CCc1ccccc1)C(=O)CN(c1cc(C(F)(F)F)ccc1Cl)S(C)(=O)=O. The van der Waals surface area contributed by atoms with Gasteiger partial charge >= 0.3 is 6.18 Å². The van der Waals surface area contributed by atoms with E-state index in [0.29, 0.717) is 29.8 Å². The number of nitrogens with one attached hydrogen (secondary N) is 1. The molecule has 0 bridgehead atoms. The Morgan fingerprint density at radius 3 is 2.27 bits per heavy atom. The molecule has 37 heavy (non-hydrogen) atoms. The molecule has 7 nitrogen and oxygen atoms in total. The molecule has 1 atom stereocenters. The number of rotatable bonds is 12. The molecule has 0 saturated heterocycles. The van der Waals surface area contributed by atoms with Crippen LogP contribution in [0.1, 0.15) is 37.8 Å². The Balaban J connectivity index is 2.46. The first-order chi connectivity index (χ1) is 17.3. The van der Waals surface area contributed by atoms with Crippen LogP contribution in [0.3, 0.4) is 0 Å². The number of nitrogens with zero attached hydrogens (tertiary/aromatic N) is 2. The van der Waals surface area contributed by atoms with Gasteiger partial charge in [-0.25, -0.2) is 8.42 Å². The van der Waals surface area contributed by atoms with Crippen LogP contribution < -0.4 is 9.62 Å². The van der Waals surface area contributed by atoms with Crippen LogP contribution in [0, 0.1) is 0 Å². The largest absolute Gasteiger partial charge is 0.416 e. The van der Waals surface area contributed by atoms with Crippen molar-refractivity contribution in [2.24, 2.45) is 0 Å². The zero-order valence-electron chi connectivity index (χ0n) is 20.9. The molecule has 0 radical (unpaired) electrons. The maximum atomic E-state index is 13.5. The molecule has 0 aliphatic rings. The fourth-order valence-corrected chi connectivity index (χ4v) is 4.86. The second-order valence-electron chi connectivity index (χ2n) is 8.47. The highest BCUT2D eigenvalue weighted by atomic mass is 35.5. The van der Waals surface area contributed by atoms with Crippen LogP contribution in [0.15, 0.2) is 48.5 Å². The van der Waals surface area contributed by atoms with Gasteiger partial charge in [0.25, 0.3) is 0 Å². The smallest absolute Gasteiger partial charge is 0.354 e. The standard InChI is InChI=1S/C25H31ClF3N3O4S/c1-4-14-30-24(34)21(5-2)31(15-13-18-9-7-6-8-10-18)23(33)17-32(37(3,35)36)22-16-19(25(27,28)29)11-12-20(22)26/h6-12,16,21H,4-5,13-15,17H2,1-3H3,(H,30,34)/t21-/m1/s1. The number of carbonyl (C=O) groups is 2. The second kappa shape index (κ2) is 13.1. The van der Waals surface area contributed by atoms with E-state index in [4.69, 9.17) is 11.6 Å². The molecule has 2 aromatic rings. The highest BCUT2D eigenvalue weighted by Gasteiger charge is 2.35. The third-order valence-electron chi connectivity index (χ3n) is 5.64. The average molecular weight is 562 g/mol. The summed E-state index contributed by atoms with van der Waals surface area (Å²) in [5.41, 5.74) is -0.692. The van der Waals surface area contributed by atoms with E-state index >= 15 is 0 Å². The molecule has 204 valence electrons. The van der Waals surface area contributed by atoms with Crippen LogP contribution in [0.4, 0.5) is 18.9 Å². The van der Waals surface area contributed by atoms with Crippen molar-refractivity contribution in [3.8, 4) is 0 Å². The zero-order chi connectivity index (χ0) is 27.8. The van der Waals surface area contributed by atoms with Crippen LogP contribution in [-0.2, 0) is 32.2 Å². The Labute approximate surface area is 220 Å². The summed E-state index contributed by atoms with van der Waals surface area (Å²) in [6, 6.07) is 10.5. The maximum Gasteiger partial charge on any atom is 0.416 e. The van der Waals surface area contributed by atoms with Crippen LogP contribution in [0.25, 0.3) is 0 Å². The Morgan fingerprint density at radius 2 is 1.73 bits per heavy atom. The average Bonchev–Trinajstić information content (AvgIpc) is 2.83. The van der Waals surface area contributed by atoms with E-state index in [-0.39, 0.29) is 18.0 Å². The third kappa shape index (κ3) is 8.63. The Kier molecular flexibility index (Phi) is 10.8. The summed E-state index contributed by atoms with van der Waals surface area (Å²) in [5.74, 6) is -1.14. The van der Waals surface area contributed by atoms with Gasteiger partial charge in [0, 0.05) is 13.1 Å². The zero-order valence-corrected chi connectivity index (χ0v) is 22.5. The molecule has 0 heterocycles. The van der Waals surface area contributed by atoms with Crippen molar-refractivity contribution in [2.45, 2.75) is 45.3 Å². The number of benzene rings is 2. The highest BCUT2D eigenvalue weighted by Crippen LogP contribution is 2.36. The Bertz CT molecular complexity index is 1180. The molecule has 0 aromatic heterocycles. The minimum Gasteiger partial charge on any atom is -0.354 e. The van der Waals surface area contributed by atoms with Crippen LogP contribution in [0.5, 0.6) is 0 Å². The van der Waals surface area contributed by atoms with E-state index in [2.05, 4.69) is 5.32 Å². The molecule has 0 aliphatic heterocycles. The number of halogens is 4. The summed E-state index contributed by atoms with van der Waals surface area (Å²) in [4.78, 5) is 27.7. The molecule has 2 rings (SSSR count). The van der Waals surface area contributed by atoms with Crippen molar-refractivity contribution in [2.75, 3.05) is 30.2 Å². The van der Waals surface area contributed by atoms with Gasteiger partial charge in [-0.15, -0.1) is 0 Å². The summed E-state index contributed by atoms with van der Waals surface area (Å²) < 4.78 is 65.8. The van der Waals surface area contributed by atoms with Crippen molar-refractivity contribution in [1.82, 2.24) is 10.2 Å². The first kappa shape index (κ1) is 30.4. The van der Waals surface area contributed by atoms with E-state index in [0.717, 1.165) is 24.0 Å². The first-order valence-electron chi connectivity index (χ1n) is 11.7. The topological polar surface area (TPSA) is 86.8 Å². The van der Waals surface area contributed by atoms with E-state index in [1.54, 1.807) is 6.92 Å². The molecular formula is C25H31ClF3N3O4S. The fourth-order valence-electron chi connectivity index (χ4n) is 3.74. The van der Waals surface area contributed by atoms with Gasteiger partial charge in [-0.2, -0.15) is 13.2 Å². The van der Waals surface area contributed by atoms with Crippen molar-refractivity contribution in [3.05, 3.63) is 64.7 Å². The Morgan fingerprint density at radius 1 is 1.08 bits per heavy atom. The maximum absolute atomic E-state index is 13.5. The number of hydrogen-bond donors (Lipinski definition) is 1. The fraction of sp³-hybridized carbons (Fsp3) is 0.440. The predicted octanol–water partition coefficient (Wildman–Crippen LogP) is 4.50. The van der Waals surface area contributed by atoms with Crippen LogP contribution in [-0.4, -0.2) is 57.1 Å². The first-order valence-corrected chi connectivity index (χ1v) is 14.0. The van der Waals surface area contributed by atoms with Gasteiger partial charge in [0.15, 0.2) is 0 Å². The minimum atomic E-state index is -4.75. The Hall–Kier alpha value is -2.79. The quantitative estimate of drug-likeness (QED) is 0.413. The number of hydrogen-bond acceptors (Lipinski definition) is 4. The molecule has 12 heteroatoms. The van der Waals surface area contributed by atoms with Gasteiger partial charge in [-0.3, -0.25) is 13.9 Å². The lowest BCUT2D eigenvalue weighted by molar-refractivity contribution is -0.139. The number of sulfonamides is 1. The molecular weight excluding hydrogens is 531 g/mol. The summed E-state index contributed by atoms with van der Waals surface area (Å²) in [7, 11) is -4.23. The molecule has 2 amide bonds. The van der Waals surface area contributed by atoms with Crippen LogP contribution in [0.2, 0.25) is 5.02 Å². The van der Waals surface area contributed by atoms with E-state index in [1.165, 1.54) is 4.90 Å². The molecule has 0 saturated carbocycles. The van der Waals surface area contributed by atoms with Crippen LogP contribution >= 0.6 is 11.6 Å². The predicted molar refractivity (Wildman–Crippen MR) is 138 cm³/mol. The van der Waals surface area contributed by atoms with Gasteiger partial charge in [-0.05, 0) is 43.0 Å². The van der Waals surface area contributed by atoms with Crippen molar-refractivity contribution in [3.63, 3.8) is 0 Å². The van der Waals surface area contributed by atoms with Crippen molar-refractivity contribution < 1.29 is 31.2 Å². The molecule has 0 aliphatic carbocycles. The van der Waals surface area contributed by atoms with E-state index < -0.39 is 51.9 Å². The number of alkyl halides is 3.